The lowest BCUT2D eigenvalue weighted by Gasteiger charge is -2.20. The molecule has 0 saturated carbocycles. The van der Waals surface area contributed by atoms with Crippen molar-refractivity contribution < 1.29 is 9.47 Å². The maximum atomic E-state index is 5.79. The number of likely N-dealkylation sites (N-methyl/N-ethyl adjacent to an activating group) is 1. The molecule has 0 amide bonds. The topological polar surface area (TPSA) is 55.6 Å². The van der Waals surface area contributed by atoms with Crippen molar-refractivity contribution in [1.82, 2.24) is 24.8 Å². The summed E-state index contributed by atoms with van der Waals surface area (Å²) < 4.78 is 13.2. The molecule has 0 bridgehead atoms. The van der Waals surface area contributed by atoms with Crippen molar-refractivity contribution in [2.24, 2.45) is 0 Å². The molecule has 1 aromatic heterocycles. The molecular weight excluding hydrogens is 330 g/mol. The first-order valence-electron chi connectivity index (χ1n) is 9.14. The van der Waals surface area contributed by atoms with Gasteiger partial charge in [-0.2, -0.15) is 0 Å². The molecule has 3 rings (SSSR count). The highest BCUT2D eigenvalue weighted by atomic mass is 16.5. The van der Waals surface area contributed by atoms with Crippen molar-refractivity contribution in [3.63, 3.8) is 0 Å². The van der Waals surface area contributed by atoms with Crippen LogP contribution in [0.15, 0.2) is 24.3 Å². The Labute approximate surface area is 155 Å². The number of nitrogens with zero attached hydrogens (tertiary/aromatic N) is 5. The van der Waals surface area contributed by atoms with Gasteiger partial charge in [0, 0.05) is 32.7 Å². The maximum Gasteiger partial charge on any atom is 0.119 e. The number of rotatable bonds is 8. The van der Waals surface area contributed by atoms with Crippen molar-refractivity contribution in [3.8, 4) is 5.75 Å². The van der Waals surface area contributed by atoms with Gasteiger partial charge in [-0.3, -0.25) is 4.90 Å². The Balaban J connectivity index is 1.63. The molecule has 1 aliphatic rings. The average molecular weight is 359 g/mol. The molecule has 2 aromatic rings. The monoisotopic (exact) mass is 359 g/mol. The van der Waals surface area contributed by atoms with E-state index in [9.17, 15) is 0 Å². The zero-order chi connectivity index (χ0) is 18.4. The summed E-state index contributed by atoms with van der Waals surface area (Å²) in [5.41, 5.74) is 3.39. The van der Waals surface area contributed by atoms with Crippen molar-refractivity contribution in [2.45, 2.75) is 32.7 Å². The molecule has 142 valence electrons. The first-order valence-corrected chi connectivity index (χ1v) is 9.14. The standard InChI is InChI=1S/C19H29N5O2/c1-22(2)10-11-26-15-18-19-14-23(8-5-9-24(19)21-20-18)13-16-6-4-7-17(12-16)25-3/h4,6-7,12H,5,8-11,13-15H2,1-3H3. The first-order chi connectivity index (χ1) is 12.7. The Hall–Kier alpha value is -1.96. The molecule has 7 heteroatoms. The summed E-state index contributed by atoms with van der Waals surface area (Å²) in [6, 6.07) is 8.27. The molecule has 1 aromatic carbocycles. The van der Waals surface area contributed by atoms with Crippen LogP contribution in [0.4, 0.5) is 0 Å². The fraction of sp³-hybridized carbons (Fsp3) is 0.579. The van der Waals surface area contributed by atoms with E-state index in [0.717, 1.165) is 50.6 Å². The van der Waals surface area contributed by atoms with Crippen molar-refractivity contribution in [3.05, 3.63) is 41.2 Å². The van der Waals surface area contributed by atoms with Gasteiger partial charge in [0.2, 0.25) is 0 Å². The summed E-state index contributed by atoms with van der Waals surface area (Å²) in [6.07, 6.45) is 1.07. The van der Waals surface area contributed by atoms with E-state index in [1.165, 1.54) is 11.3 Å². The normalized spacial score (nSPS) is 15.1. The lowest BCUT2D eigenvalue weighted by atomic mass is 10.2. The minimum atomic E-state index is 0.524. The van der Waals surface area contributed by atoms with Crippen LogP contribution < -0.4 is 4.74 Å². The molecule has 2 heterocycles. The number of ether oxygens (including phenoxy) is 2. The van der Waals surface area contributed by atoms with Gasteiger partial charge >= 0.3 is 0 Å². The van der Waals surface area contributed by atoms with E-state index in [0.29, 0.717) is 13.2 Å². The van der Waals surface area contributed by atoms with Crippen LogP contribution in [0, 0.1) is 0 Å². The number of hydrogen-bond acceptors (Lipinski definition) is 6. The fourth-order valence-electron chi connectivity index (χ4n) is 3.15. The van der Waals surface area contributed by atoms with E-state index in [-0.39, 0.29) is 0 Å². The largest absolute Gasteiger partial charge is 0.497 e. The highest BCUT2D eigenvalue weighted by Gasteiger charge is 2.20. The van der Waals surface area contributed by atoms with Gasteiger partial charge in [-0.05, 0) is 38.2 Å². The van der Waals surface area contributed by atoms with E-state index in [2.05, 4.69) is 32.2 Å². The number of fused-ring (bicyclic) bond motifs is 1. The zero-order valence-corrected chi connectivity index (χ0v) is 16.0. The number of benzene rings is 1. The first kappa shape index (κ1) is 18.8. The highest BCUT2D eigenvalue weighted by molar-refractivity contribution is 5.28. The second-order valence-electron chi connectivity index (χ2n) is 6.98. The van der Waals surface area contributed by atoms with Gasteiger partial charge in [-0.1, -0.05) is 17.3 Å². The molecule has 0 N–H and O–H groups in total. The number of methoxy groups -OCH3 is 1. The highest BCUT2D eigenvalue weighted by Crippen LogP contribution is 2.19. The molecular formula is C19H29N5O2. The smallest absolute Gasteiger partial charge is 0.119 e. The maximum absolute atomic E-state index is 5.79. The van der Waals surface area contributed by atoms with Crippen LogP contribution in [0.3, 0.4) is 0 Å². The molecule has 0 fully saturated rings. The van der Waals surface area contributed by atoms with Crippen LogP contribution in [0.1, 0.15) is 23.4 Å². The summed E-state index contributed by atoms with van der Waals surface area (Å²) in [5, 5.41) is 8.68. The summed E-state index contributed by atoms with van der Waals surface area (Å²) in [6.45, 7) is 5.82. The third-order valence-corrected chi connectivity index (χ3v) is 4.60. The second kappa shape index (κ2) is 9.12. The minimum Gasteiger partial charge on any atom is -0.497 e. The Bertz CT molecular complexity index is 701. The molecule has 0 spiro atoms. The summed E-state index contributed by atoms with van der Waals surface area (Å²) in [5.74, 6) is 0.902. The quantitative estimate of drug-likeness (QED) is 0.670. The predicted octanol–water partition coefficient (Wildman–Crippen LogP) is 1.77. The van der Waals surface area contributed by atoms with Gasteiger partial charge in [-0.15, -0.1) is 5.10 Å². The molecule has 0 aliphatic carbocycles. The molecule has 0 atom stereocenters. The number of aryl methyl sites for hydroxylation is 1. The summed E-state index contributed by atoms with van der Waals surface area (Å²) in [4.78, 5) is 4.56. The molecule has 0 unspecified atom stereocenters. The van der Waals surface area contributed by atoms with Crippen LogP contribution in [0.2, 0.25) is 0 Å². The summed E-state index contributed by atoms with van der Waals surface area (Å²) in [7, 11) is 5.80. The van der Waals surface area contributed by atoms with Crippen molar-refractivity contribution >= 4 is 0 Å². The van der Waals surface area contributed by atoms with Crippen LogP contribution in [0.5, 0.6) is 5.75 Å². The third-order valence-electron chi connectivity index (χ3n) is 4.60. The van der Waals surface area contributed by atoms with Crippen LogP contribution in [0.25, 0.3) is 0 Å². The van der Waals surface area contributed by atoms with Crippen molar-refractivity contribution in [1.29, 1.82) is 0 Å². The zero-order valence-electron chi connectivity index (χ0n) is 16.0. The van der Waals surface area contributed by atoms with Gasteiger partial charge in [0.1, 0.15) is 11.4 Å². The van der Waals surface area contributed by atoms with Gasteiger partial charge in [0.25, 0.3) is 0 Å². The average Bonchev–Trinajstić information content (AvgIpc) is 2.88. The fourth-order valence-corrected chi connectivity index (χ4v) is 3.15. The van der Waals surface area contributed by atoms with Gasteiger partial charge in [-0.25, -0.2) is 4.68 Å². The van der Waals surface area contributed by atoms with E-state index in [4.69, 9.17) is 9.47 Å². The van der Waals surface area contributed by atoms with E-state index < -0.39 is 0 Å². The number of hydrogen-bond donors (Lipinski definition) is 0. The summed E-state index contributed by atoms with van der Waals surface area (Å²) >= 11 is 0. The van der Waals surface area contributed by atoms with E-state index in [1.54, 1.807) is 7.11 Å². The van der Waals surface area contributed by atoms with Gasteiger partial charge in [0.15, 0.2) is 0 Å². The lowest BCUT2D eigenvalue weighted by Crippen LogP contribution is -2.23. The Morgan fingerprint density at radius 1 is 1.23 bits per heavy atom. The SMILES string of the molecule is COc1cccc(CN2CCCn3nnc(COCCN(C)C)c3C2)c1. The predicted molar refractivity (Wildman–Crippen MR) is 100.0 cm³/mol. The molecule has 26 heavy (non-hydrogen) atoms. The Morgan fingerprint density at radius 3 is 2.92 bits per heavy atom. The minimum absolute atomic E-state index is 0.524. The van der Waals surface area contributed by atoms with Crippen LogP contribution >= 0.6 is 0 Å². The Kier molecular flexibility index (Phi) is 6.60. The van der Waals surface area contributed by atoms with Gasteiger partial charge in [0.05, 0.1) is 26.0 Å². The van der Waals surface area contributed by atoms with E-state index >= 15 is 0 Å². The second-order valence-corrected chi connectivity index (χ2v) is 6.98. The molecule has 1 aliphatic heterocycles. The van der Waals surface area contributed by atoms with Gasteiger partial charge < -0.3 is 14.4 Å². The Morgan fingerprint density at radius 2 is 2.12 bits per heavy atom. The van der Waals surface area contributed by atoms with E-state index in [1.807, 2.05) is 30.9 Å². The number of aromatic nitrogens is 3. The van der Waals surface area contributed by atoms with Crippen molar-refractivity contribution in [2.75, 3.05) is 40.9 Å². The van der Waals surface area contributed by atoms with Crippen LogP contribution in [-0.2, 0) is 31.0 Å². The molecule has 0 saturated heterocycles. The third kappa shape index (κ3) is 5.03. The molecule has 0 radical (unpaired) electrons. The molecule has 7 nitrogen and oxygen atoms in total. The van der Waals surface area contributed by atoms with Crippen LogP contribution in [-0.4, -0.2) is 65.7 Å². The lowest BCUT2D eigenvalue weighted by molar-refractivity contribution is 0.102.